The average molecular weight is 370 g/mol. The predicted octanol–water partition coefficient (Wildman–Crippen LogP) is 4.99. The lowest BCUT2D eigenvalue weighted by Crippen LogP contribution is -2.39. The molecule has 2 rings (SSSR count). The van der Waals surface area contributed by atoms with Gasteiger partial charge in [-0.3, -0.25) is 9.59 Å². The zero-order valence-corrected chi connectivity index (χ0v) is 18.1. The van der Waals surface area contributed by atoms with Gasteiger partial charge < -0.3 is 4.90 Å². The highest BCUT2D eigenvalue weighted by Crippen LogP contribution is 2.55. The molecule has 0 aliphatic heterocycles. The summed E-state index contributed by atoms with van der Waals surface area (Å²) >= 11 is 4.36. The molecule has 0 aromatic heterocycles. The number of carbonyl (C=O) groups excluding carboxylic acids is 2. The molecular weight excluding hydrogens is 330 g/mol. The lowest BCUT2D eigenvalue weighted by Gasteiger charge is -2.39. The molecule has 146 valence electrons. The van der Waals surface area contributed by atoms with Crippen LogP contribution in [0.15, 0.2) is 0 Å². The summed E-state index contributed by atoms with van der Waals surface area (Å²) in [4.78, 5) is 25.1. The number of rotatable bonds is 4. The molecular formula is C21H39NO2S. The normalized spacial score (nSPS) is 29.1. The minimum atomic E-state index is -0.212. The van der Waals surface area contributed by atoms with Crippen molar-refractivity contribution in [2.24, 2.45) is 22.7 Å². The highest BCUT2D eigenvalue weighted by Gasteiger charge is 2.55. The van der Waals surface area contributed by atoms with Crippen molar-refractivity contribution in [3.8, 4) is 0 Å². The van der Waals surface area contributed by atoms with E-state index in [2.05, 4.69) is 40.3 Å². The highest BCUT2D eigenvalue weighted by atomic mass is 32.1. The van der Waals surface area contributed by atoms with Crippen molar-refractivity contribution >= 4 is 24.3 Å². The third-order valence-corrected chi connectivity index (χ3v) is 7.47. The number of hydrogen-bond donors (Lipinski definition) is 1. The Hall–Kier alpha value is -0.510. The SMILES string of the molecule is CCCC1CC(=O)C(C)(CS)C1(C)C.CN(C)C(=O)C1CCCCC1. The van der Waals surface area contributed by atoms with Crippen molar-refractivity contribution in [3.05, 3.63) is 0 Å². The maximum Gasteiger partial charge on any atom is 0.225 e. The predicted molar refractivity (Wildman–Crippen MR) is 109 cm³/mol. The summed E-state index contributed by atoms with van der Waals surface area (Å²) in [6.45, 7) is 8.73. The molecule has 4 heteroatoms. The van der Waals surface area contributed by atoms with Gasteiger partial charge in [0.1, 0.15) is 5.78 Å². The van der Waals surface area contributed by atoms with E-state index in [1.807, 2.05) is 14.1 Å². The van der Waals surface area contributed by atoms with Crippen LogP contribution in [0.25, 0.3) is 0 Å². The van der Waals surface area contributed by atoms with Gasteiger partial charge in [-0.15, -0.1) is 0 Å². The molecule has 0 aromatic carbocycles. The first-order valence-electron chi connectivity index (χ1n) is 9.97. The van der Waals surface area contributed by atoms with Crippen molar-refractivity contribution in [1.82, 2.24) is 4.90 Å². The second-order valence-electron chi connectivity index (χ2n) is 8.89. The van der Waals surface area contributed by atoms with Crippen LogP contribution >= 0.6 is 12.6 Å². The van der Waals surface area contributed by atoms with Gasteiger partial charge in [-0.25, -0.2) is 0 Å². The van der Waals surface area contributed by atoms with Gasteiger partial charge in [-0.05, 0) is 30.6 Å². The van der Waals surface area contributed by atoms with E-state index in [4.69, 9.17) is 0 Å². The Labute approximate surface area is 160 Å². The van der Waals surface area contributed by atoms with Gasteiger partial charge in [0.25, 0.3) is 0 Å². The Morgan fingerprint density at radius 2 is 1.72 bits per heavy atom. The maximum absolute atomic E-state index is 12.0. The van der Waals surface area contributed by atoms with Crippen LogP contribution in [0.4, 0.5) is 0 Å². The van der Waals surface area contributed by atoms with Gasteiger partial charge in [-0.1, -0.05) is 53.4 Å². The van der Waals surface area contributed by atoms with Gasteiger partial charge in [0.05, 0.1) is 0 Å². The van der Waals surface area contributed by atoms with Crippen LogP contribution in [0, 0.1) is 22.7 Å². The zero-order valence-electron chi connectivity index (χ0n) is 17.2. The second-order valence-corrected chi connectivity index (χ2v) is 9.21. The molecule has 2 aliphatic rings. The maximum atomic E-state index is 12.0. The quantitative estimate of drug-likeness (QED) is 0.709. The molecule has 0 N–H and O–H groups in total. The smallest absolute Gasteiger partial charge is 0.225 e. The van der Waals surface area contributed by atoms with E-state index in [1.165, 1.54) is 32.1 Å². The fourth-order valence-corrected chi connectivity index (χ4v) is 4.92. The molecule has 2 aliphatic carbocycles. The van der Waals surface area contributed by atoms with E-state index in [9.17, 15) is 9.59 Å². The van der Waals surface area contributed by atoms with E-state index >= 15 is 0 Å². The Morgan fingerprint density at radius 3 is 2.12 bits per heavy atom. The molecule has 2 fully saturated rings. The molecule has 2 saturated carbocycles. The van der Waals surface area contributed by atoms with Gasteiger partial charge in [0.15, 0.2) is 0 Å². The Bertz CT molecular complexity index is 455. The lowest BCUT2D eigenvalue weighted by atomic mass is 9.65. The van der Waals surface area contributed by atoms with Gasteiger partial charge in [0.2, 0.25) is 5.91 Å². The lowest BCUT2D eigenvalue weighted by molar-refractivity contribution is -0.134. The van der Waals surface area contributed by atoms with Crippen molar-refractivity contribution in [2.45, 2.75) is 79.1 Å². The average Bonchev–Trinajstić information content (AvgIpc) is 2.76. The number of ketones is 1. The van der Waals surface area contributed by atoms with Crippen molar-refractivity contribution < 1.29 is 9.59 Å². The minimum Gasteiger partial charge on any atom is -0.349 e. The molecule has 2 unspecified atom stereocenters. The Balaban J connectivity index is 0.000000257. The van der Waals surface area contributed by atoms with Crippen LogP contribution in [0.1, 0.15) is 79.1 Å². The standard InChI is InChI=1S/C12H22OS.C9H17NO/c1-5-6-9-7-10(13)12(4,8-14)11(9,2)3;1-10(2)9(11)8-6-4-3-5-7-8/h9,14H,5-8H2,1-4H3;8H,3-7H2,1-2H3. The van der Waals surface area contributed by atoms with Gasteiger partial charge in [-0.2, -0.15) is 12.6 Å². The fourth-order valence-electron chi connectivity index (χ4n) is 4.33. The van der Waals surface area contributed by atoms with Crippen molar-refractivity contribution in [3.63, 3.8) is 0 Å². The van der Waals surface area contributed by atoms with E-state index in [1.54, 1.807) is 4.90 Å². The van der Waals surface area contributed by atoms with E-state index < -0.39 is 0 Å². The number of amides is 1. The number of hydrogen-bond acceptors (Lipinski definition) is 3. The first kappa shape index (κ1) is 22.5. The Kier molecular flexibility index (Phi) is 8.50. The summed E-state index contributed by atoms with van der Waals surface area (Å²) in [5.74, 6) is 2.30. The highest BCUT2D eigenvalue weighted by molar-refractivity contribution is 7.80. The molecule has 0 spiro atoms. The van der Waals surface area contributed by atoms with E-state index in [0.29, 0.717) is 29.3 Å². The summed E-state index contributed by atoms with van der Waals surface area (Å²) < 4.78 is 0. The van der Waals surface area contributed by atoms with Crippen LogP contribution in [0.3, 0.4) is 0 Å². The van der Waals surface area contributed by atoms with Gasteiger partial charge in [0, 0.05) is 37.6 Å². The first-order valence-corrected chi connectivity index (χ1v) is 10.6. The molecule has 0 radical (unpaired) electrons. The number of carbonyl (C=O) groups is 2. The van der Waals surface area contributed by atoms with Crippen LogP contribution in [-0.4, -0.2) is 36.4 Å². The van der Waals surface area contributed by atoms with Crippen LogP contribution in [0.5, 0.6) is 0 Å². The van der Waals surface area contributed by atoms with Crippen LogP contribution < -0.4 is 0 Å². The molecule has 0 bridgehead atoms. The van der Waals surface area contributed by atoms with Crippen molar-refractivity contribution in [2.75, 3.05) is 19.8 Å². The second kappa shape index (κ2) is 9.43. The number of thiol groups is 1. The summed E-state index contributed by atoms with van der Waals surface area (Å²) in [6.07, 6.45) is 9.11. The first-order chi connectivity index (χ1) is 11.6. The number of nitrogens with zero attached hydrogens (tertiary/aromatic N) is 1. The van der Waals surface area contributed by atoms with Crippen molar-refractivity contribution in [1.29, 1.82) is 0 Å². The molecule has 0 saturated heterocycles. The molecule has 0 heterocycles. The molecule has 1 amide bonds. The van der Waals surface area contributed by atoms with Gasteiger partial charge >= 0.3 is 0 Å². The largest absolute Gasteiger partial charge is 0.349 e. The fraction of sp³-hybridized carbons (Fsp3) is 0.905. The third-order valence-electron chi connectivity index (χ3n) is 6.84. The zero-order chi connectivity index (χ0) is 19.3. The minimum absolute atomic E-state index is 0.113. The Morgan fingerprint density at radius 1 is 1.16 bits per heavy atom. The third kappa shape index (κ3) is 5.02. The molecule has 0 aromatic rings. The molecule has 25 heavy (non-hydrogen) atoms. The van der Waals surface area contributed by atoms with Crippen LogP contribution in [0.2, 0.25) is 0 Å². The summed E-state index contributed by atoms with van der Waals surface area (Å²) in [5.41, 5.74) is -0.0994. The van der Waals surface area contributed by atoms with E-state index in [-0.39, 0.29) is 10.8 Å². The summed E-state index contributed by atoms with van der Waals surface area (Å²) in [6, 6.07) is 0. The molecule has 3 nitrogen and oxygen atoms in total. The van der Waals surface area contributed by atoms with E-state index in [0.717, 1.165) is 19.3 Å². The van der Waals surface area contributed by atoms with Crippen LogP contribution in [-0.2, 0) is 9.59 Å². The summed E-state index contributed by atoms with van der Waals surface area (Å²) in [5, 5.41) is 0. The molecule has 2 atom stereocenters. The summed E-state index contributed by atoms with van der Waals surface area (Å²) in [7, 11) is 3.69. The topological polar surface area (TPSA) is 37.4 Å². The monoisotopic (exact) mass is 369 g/mol. The number of Topliss-reactive ketones (excluding diaryl/α,β-unsaturated/α-hetero) is 1.